The van der Waals surface area contributed by atoms with Crippen molar-refractivity contribution in [2.24, 2.45) is 5.92 Å². The topological polar surface area (TPSA) is 74.0 Å². The highest BCUT2D eigenvalue weighted by atomic mass is 32.2. The fourth-order valence-corrected chi connectivity index (χ4v) is 3.27. The van der Waals surface area contributed by atoms with E-state index in [1.807, 2.05) is 13.8 Å². The van der Waals surface area contributed by atoms with E-state index in [0.29, 0.717) is 17.4 Å². The summed E-state index contributed by atoms with van der Waals surface area (Å²) in [5, 5.41) is 3.15. The lowest BCUT2D eigenvalue weighted by Gasteiger charge is -2.11. The van der Waals surface area contributed by atoms with Crippen LogP contribution in [0.15, 0.2) is 17.2 Å². The molecule has 6 heteroatoms. The maximum absolute atomic E-state index is 12.1. The quantitative estimate of drug-likeness (QED) is 0.697. The van der Waals surface area contributed by atoms with Crippen LogP contribution in [0.2, 0.25) is 0 Å². The van der Waals surface area contributed by atoms with Gasteiger partial charge >= 0.3 is 0 Å². The third kappa shape index (κ3) is 3.34. The van der Waals surface area contributed by atoms with Gasteiger partial charge < -0.3 is 10.3 Å². The molecule has 0 spiro atoms. The lowest BCUT2D eigenvalue weighted by Crippen LogP contribution is -2.33. The van der Waals surface area contributed by atoms with Gasteiger partial charge in [-0.05, 0) is 38.3 Å². The minimum absolute atomic E-state index is 0.0297. The lowest BCUT2D eigenvalue weighted by atomic mass is 10.2. The molecular weight excluding hydrogens is 250 g/mol. The van der Waals surface area contributed by atoms with Crippen LogP contribution in [0.5, 0.6) is 0 Å². The average molecular weight is 271 g/mol. The van der Waals surface area contributed by atoms with Gasteiger partial charge in [0, 0.05) is 24.5 Å². The maximum Gasteiger partial charge on any atom is 0.242 e. The summed E-state index contributed by atoms with van der Waals surface area (Å²) in [7, 11) is -3.38. The first-order chi connectivity index (χ1) is 8.53. The van der Waals surface area contributed by atoms with Crippen molar-refractivity contribution < 1.29 is 8.42 Å². The largest absolute Gasteiger partial charge is 0.363 e. The summed E-state index contributed by atoms with van der Waals surface area (Å²) in [6.45, 7) is 5.46. The van der Waals surface area contributed by atoms with E-state index in [9.17, 15) is 8.42 Å². The Morgan fingerprint density at radius 1 is 1.50 bits per heavy atom. The molecule has 1 saturated carbocycles. The van der Waals surface area contributed by atoms with E-state index in [2.05, 4.69) is 15.0 Å². The normalized spacial score (nSPS) is 17.9. The van der Waals surface area contributed by atoms with Crippen LogP contribution in [0.25, 0.3) is 0 Å². The van der Waals surface area contributed by atoms with E-state index in [4.69, 9.17) is 0 Å². The van der Waals surface area contributed by atoms with Crippen LogP contribution in [0.1, 0.15) is 32.4 Å². The van der Waals surface area contributed by atoms with Crippen LogP contribution >= 0.6 is 0 Å². The average Bonchev–Trinajstić information content (AvgIpc) is 3.05. The number of hydrogen-bond donors (Lipinski definition) is 3. The van der Waals surface area contributed by atoms with Gasteiger partial charge in [0.2, 0.25) is 10.0 Å². The summed E-state index contributed by atoms with van der Waals surface area (Å²) >= 11 is 0. The smallest absolute Gasteiger partial charge is 0.242 e. The van der Waals surface area contributed by atoms with Gasteiger partial charge in [-0.1, -0.05) is 6.92 Å². The molecule has 0 aromatic carbocycles. The number of rotatable bonds is 7. The van der Waals surface area contributed by atoms with Crippen LogP contribution in [0.3, 0.4) is 0 Å². The highest BCUT2D eigenvalue weighted by Gasteiger charge is 2.31. The summed E-state index contributed by atoms with van der Waals surface area (Å²) in [5.74, 6) is 0.514. The van der Waals surface area contributed by atoms with Gasteiger partial charge in [0.05, 0.1) is 4.90 Å². The predicted octanol–water partition coefficient (Wildman–Crippen LogP) is 1.20. The molecule has 5 nitrogen and oxygen atoms in total. The van der Waals surface area contributed by atoms with Crippen LogP contribution < -0.4 is 10.0 Å². The molecule has 1 unspecified atom stereocenters. The number of aromatic amines is 1. The molecule has 1 fully saturated rings. The zero-order valence-electron chi connectivity index (χ0n) is 10.9. The Kier molecular flexibility index (Phi) is 4.09. The molecular formula is C12H21N3O2S. The molecule has 0 amide bonds. The Balaban J connectivity index is 2.01. The van der Waals surface area contributed by atoms with E-state index < -0.39 is 10.0 Å². The van der Waals surface area contributed by atoms with Crippen LogP contribution in [0.4, 0.5) is 0 Å². The monoisotopic (exact) mass is 271 g/mol. The highest BCUT2D eigenvalue weighted by molar-refractivity contribution is 7.89. The summed E-state index contributed by atoms with van der Waals surface area (Å²) in [6, 6.07) is 1.71. The molecule has 1 atom stereocenters. The number of aromatic nitrogens is 1. The molecule has 3 N–H and O–H groups in total. The first kappa shape index (κ1) is 13.6. The van der Waals surface area contributed by atoms with Crippen molar-refractivity contribution in [3.8, 4) is 0 Å². The molecule has 0 aliphatic heterocycles. The molecule has 1 heterocycles. The van der Waals surface area contributed by atoms with E-state index in [0.717, 1.165) is 25.1 Å². The molecule has 0 saturated heterocycles. The molecule has 18 heavy (non-hydrogen) atoms. The van der Waals surface area contributed by atoms with Crippen molar-refractivity contribution in [2.45, 2.75) is 44.2 Å². The summed E-state index contributed by atoms with van der Waals surface area (Å²) in [4.78, 5) is 3.31. The lowest BCUT2D eigenvalue weighted by molar-refractivity contribution is 0.538. The van der Waals surface area contributed by atoms with Crippen LogP contribution in [-0.2, 0) is 16.6 Å². The van der Waals surface area contributed by atoms with Crippen molar-refractivity contribution in [3.63, 3.8) is 0 Å². The summed E-state index contributed by atoms with van der Waals surface area (Å²) in [5.41, 5.74) is 0.885. The van der Waals surface area contributed by atoms with Crippen LogP contribution in [0, 0.1) is 5.92 Å². The van der Waals surface area contributed by atoms with Crippen molar-refractivity contribution in [3.05, 3.63) is 18.0 Å². The Labute approximate surface area is 108 Å². The second-order valence-electron chi connectivity index (χ2n) is 4.89. The van der Waals surface area contributed by atoms with Gasteiger partial charge in [0.15, 0.2) is 0 Å². The molecule has 1 aliphatic carbocycles. The first-order valence-electron chi connectivity index (χ1n) is 6.43. The van der Waals surface area contributed by atoms with E-state index >= 15 is 0 Å². The number of H-pyrrole nitrogens is 1. The van der Waals surface area contributed by atoms with E-state index in [-0.39, 0.29) is 6.04 Å². The minimum Gasteiger partial charge on any atom is -0.363 e. The molecule has 2 rings (SSSR count). The predicted molar refractivity (Wildman–Crippen MR) is 70.7 cm³/mol. The number of hydrogen-bond acceptors (Lipinski definition) is 3. The van der Waals surface area contributed by atoms with Crippen molar-refractivity contribution in [2.75, 3.05) is 6.54 Å². The zero-order chi connectivity index (χ0) is 13.2. The Morgan fingerprint density at radius 3 is 2.83 bits per heavy atom. The van der Waals surface area contributed by atoms with E-state index in [1.54, 1.807) is 12.3 Å². The molecule has 1 aromatic heterocycles. The molecule has 0 bridgehead atoms. The molecule has 1 aromatic rings. The molecule has 1 aliphatic rings. The van der Waals surface area contributed by atoms with Crippen molar-refractivity contribution >= 4 is 10.0 Å². The van der Waals surface area contributed by atoms with Crippen LogP contribution in [-0.4, -0.2) is 26.0 Å². The maximum atomic E-state index is 12.1. The molecule has 0 radical (unpaired) electrons. The Morgan fingerprint density at radius 2 is 2.22 bits per heavy atom. The Bertz CT molecular complexity index is 491. The second-order valence-corrected chi connectivity index (χ2v) is 6.60. The Hall–Kier alpha value is -0.850. The minimum atomic E-state index is -3.38. The third-order valence-corrected chi connectivity index (χ3v) is 4.80. The van der Waals surface area contributed by atoms with Gasteiger partial charge in [-0.2, -0.15) is 0 Å². The fourth-order valence-electron chi connectivity index (χ4n) is 1.94. The second kappa shape index (κ2) is 5.42. The summed E-state index contributed by atoms with van der Waals surface area (Å²) < 4.78 is 27.0. The van der Waals surface area contributed by atoms with Gasteiger partial charge in [-0.15, -0.1) is 0 Å². The highest BCUT2D eigenvalue weighted by Crippen LogP contribution is 2.33. The summed E-state index contributed by atoms with van der Waals surface area (Å²) in [6.07, 6.45) is 3.81. The number of sulfonamides is 1. The van der Waals surface area contributed by atoms with Gasteiger partial charge in [0.25, 0.3) is 0 Å². The molecule has 102 valence electrons. The van der Waals surface area contributed by atoms with Gasteiger partial charge in [-0.25, -0.2) is 13.1 Å². The standard InChI is InChI=1S/C12H21N3O2S/c1-3-13-7-11-6-12(8-14-11)18(16,17)15-9(2)10-4-5-10/h6,8-10,13-15H,3-5,7H2,1-2H3. The SMILES string of the molecule is CCNCc1cc(S(=O)(=O)NC(C)C2CC2)c[nH]1. The third-order valence-electron chi connectivity index (χ3n) is 3.26. The van der Waals surface area contributed by atoms with E-state index in [1.165, 1.54) is 0 Å². The van der Waals surface area contributed by atoms with Crippen molar-refractivity contribution in [1.82, 2.24) is 15.0 Å². The first-order valence-corrected chi connectivity index (χ1v) is 7.91. The van der Waals surface area contributed by atoms with Gasteiger partial charge in [0.1, 0.15) is 0 Å². The van der Waals surface area contributed by atoms with Crippen molar-refractivity contribution in [1.29, 1.82) is 0 Å². The number of nitrogens with one attached hydrogen (secondary N) is 3. The fraction of sp³-hybridized carbons (Fsp3) is 0.667. The zero-order valence-corrected chi connectivity index (χ0v) is 11.7. The van der Waals surface area contributed by atoms with Gasteiger partial charge in [-0.3, -0.25) is 0 Å².